The fourth-order valence-electron chi connectivity index (χ4n) is 1.43. The number of benzene rings is 1. The number of anilines is 1. The fraction of sp³-hybridized carbons (Fsp3) is 0. The minimum Gasteiger partial charge on any atom is -0.304 e. The SMILES string of the molecule is O=C(Nc1nccnc1Cl)c1cc(F)ccc1[N+](=O)[O-]. The summed E-state index contributed by atoms with van der Waals surface area (Å²) in [5.41, 5.74) is -0.958. The lowest BCUT2D eigenvalue weighted by Gasteiger charge is -2.05. The largest absolute Gasteiger partial charge is 0.304 e. The van der Waals surface area contributed by atoms with Crippen molar-refractivity contribution in [3.63, 3.8) is 0 Å². The number of amides is 1. The Labute approximate surface area is 116 Å². The smallest absolute Gasteiger partial charge is 0.282 e. The van der Waals surface area contributed by atoms with Crippen LogP contribution in [-0.4, -0.2) is 20.8 Å². The molecule has 2 rings (SSSR count). The van der Waals surface area contributed by atoms with Crippen molar-refractivity contribution < 1.29 is 14.1 Å². The Morgan fingerprint density at radius 2 is 2.05 bits per heavy atom. The van der Waals surface area contributed by atoms with Gasteiger partial charge in [-0.1, -0.05) is 11.6 Å². The van der Waals surface area contributed by atoms with Gasteiger partial charge < -0.3 is 5.32 Å². The number of hydrogen-bond donors (Lipinski definition) is 1. The molecule has 1 N–H and O–H groups in total. The molecule has 1 amide bonds. The minimum absolute atomic E-state index is 0.0716. The van der Waals surface area contributed by atoms with Crippen molar-refractivity contribution in [2.24, 2.45) is 0 Å². The number of carbonyl (C=O) groups excluding carboxylic acids is 1. The summed E-state index contributed by atoms with van der Waals surface area (Å²) in [7, 11) is 0. The first-order chi connectivity index (χ1) is 9.49. The maximum absolute atomic E-state index is 13.1. The molecule has 0 aliphatic heterocycles. The van der Waals surface area contributed by atoms with E-state index in [9.17, 15) is 19.3 Å². The molecule has 1 aromatic heterocycles. The predicted octanol–water partition coefficient (Wildman–Crippen LogP) is 2.43. The van der Waals surface area contributed by atoms with Gasteiger partial charge in [0.2, 0.25) is 0 Å². The molecule has 0 fully saturated rings. The number of hydrogen-bond acceptors (Lipinski definition) is 5. The van der Waals surface area contributed by atoms with Gasteiger partial charge in [-0.05, 0) is 12.1 Å². The molecule has 0 unspecified atom stereocenters. The van der Waals surface area contributed by atoms with Crippen LogP contribution in [0.3, 0.4) is 0 Å². The highest BCUT2D eigenvalue weighted by Gasteiger charge is 2.22. The number of carbonyl (C=O) groups is 1. The quantitative estimate of drug-likeness (QED) is 0.693. The Morgan fingerprint density at radius 1 is 1.35 bits per heavy atom. The van der Waals surface area contributed by atoms with Gasteiger partial charge in [0.25, 0.3) is 11.6 Å². The van der Waals surface area contributed by atoms with Crippen LogP contribution < -0.4 is 5.32 Å². The Balaban J connectivity index is 2.37. The molecule has 2 aromatic rings. The Morgan fingerprint density at radius 3 is 2.70 bits per heavy atom. The number of halogens is 2. The summed E-state index contributed by atoms with van der Waals surface area (Å²) in [5, 5.41) is 13.0. The summed E-state index contributed by atoms with van der Waals surface area (Å²) < 4.78 is 13.1. The van der Waals surface area contributed by atoms with Crippen molar-refractivity contribution in [2.45, 2.75) is 0 Å². The molecule has 7 nitrogen and oxygen atoms in total. The number of rotatable bonds is 3. The van der Waals surface area contributed by atoms with Crippen molar-refractivity contribution in [2.75, 3.05) is 5.32 Å². The first kappa shape index (κ1) is 13.8. The van der Waals surface area contributed by atoms with E-state index in [1.165, 1.54) is 12.4 Å². The van der Waals surface area contributed by atoms with E-state index in [-0.39, 0.29) is 11.0 Å². The van der Waals surface area contributed by atoms with E-state index in [1.54, 1.807) is 0 Å². The molecule has 20 heavy (non-hydrogen) atoms. The van der Waals surface area contributed by atoms with Gasteiger partial charge in [0.05, 0.1) is 4.92 Å². The van der Waals surface area contributed by atoms with Gasteiger partial charge in [0.15, 0.2) is 11.0 Å². The topological polar surface area (TPSA) is 98.0 Å². The van der Waals surface area contributed by atoms with Gasteiger partial charge in [0.1, 0.15) is 11.4 Å². The predicted molar refractivity (Wildman–Crippen MR) is 68.0 cm³/mol. The van der Waals surface area contributed by atoms with Crippen LogP contribution in [0.1, 0.15) is 10.4 Å². The lowest BCUT2D eigenvalue weighted by Crippen LogP contribution is -2.15. The van der Waals surface area contributed by atoms with Gasteiger partial charge in [-0.15, -0.1) is 0 Å². The molecule has 1 heterocycles. The molecule has 102 valence electrons. The van der Waals surface area contributed by atoms with Crippen LogP contribution in [0.4, 0.5) is 15.9 Å². The molecule has 0 radical (unpaired) electrons. The zero-order chi connectivity index (χ0) is 14.7. The third-order valence-corrected chi connectivity index (χ3v) is 2.56. The third-order valence-electron chi connectivity index (χ3n) is 2.29. The van der Waals surface area contributed by atoms with E-state index in [0.29, 0.717) is 0 Å². The first-order valence-corrected chi connectivity index (χ1v) is 5.58. The van der Waals surface area contributed by atoms with Crippen LogP contribution in [0, 0.1) is 15.9 Å². The van der Waals surface area contributed by atoms with Crippen molar-refractivity contribution in [1.29, 1.82) is 0 Å². The molecule has 0 aliphatic rings. The van der Waals surface area contributed by atoms with E-state index in [0.717, 1.165) is 18.2 Å². The maximum Gasteiger partial charge on any atom is 0.282 e. The van der Waals surface area contributed by atoms with E-state index in [4.69, 9.17) is 11.6 Å². The number of nitro benzene ring substituents is 1. The highest BCUT2D eigenvalue weighted by atomic mass is 35.5. The van der Waals surface area contributed by atoms with Crippen molar-refractivity contribution in [3.8, 4) is 0 Å². The highest BCUT2D eigenvalue weighted by molar-refractivity contribution is 6.32. The van der Waals surface area contributed by atoms with Gasteiger partial charge in [0, 0.05) is 18.5 Å². The molecule has 1 aromatic carbocycles. The second-order valence-electron chi connectivity index (χ2n) is 3.57. The highest BCUT2D eigenvalue weighted by Crippen LogP contribution is 2.22. The molecule has 0 saturated carbocycles. The molecule has 0 aliphatic carbocycles. The third kappa shape index (κ3) is 2.86. The first-order valence-electron chi connectivity index (χ1n) is 5.21. The van der Waals surface area contributed by atoms with Gasteiger partial charge >= 0.3 is 0 Å². The molecule has 0 saturated heterocycles. The zero-order valence-corrected chi connectivity index (χ0v) is 10.5. The molecule has 0 bridgehead atoms. The molecule has 0 atom stereocenters. The Bertz CT molecular complexity index is 695. The monoisotopic (exact) mass is 296 g/mol. The zero-order valence-electron chi connectivity index (χ0n) is 9.71. The summed E-state index contributed by atoms with van der Waals surface area (Å²) in [6.07, 6.45) is 2.59. The van der Waals surface area contributed by atoms with Gasteiger partial charge in [-0.3, -0.25) is 14.9 Å². The number of nitrogens with one attached hydrogen (secondary N) is 1. The lowest BCUT2D eigenvalue weighted by atomic mass is 10.1. The average molecular weight is 297 g/mol. The summed E-state index contributed by atoms with van der Waals surface area (Å²) >= 11 is 5.69. The second-order valence-corrected chi connectivity index (χ2v) is 3.93. The Kier molecular flexibility index (Phi) is 3.85. The second kappa shape index (κ2) is 5.57. The van der Waals surface area contributed by atoms with Crippen LogP contribution in [0.25, 0.3) is 0 Å². The van der Waals surface area contributed by atoms with Gasteiger partial charge in [-0.25, -0.2) is 14.4 Å². The van der Waals surface area contributed by atoms with E-state index < -0.39 is 27.9 Å². The molecular formula is C11H6ClFN4O3. The van der Waals surface area contributed by atoms with Crippen LogP contribution in [0.5, 0.6) is 0 Å². The fourth-order valence-corrected chi connectivity index (χ4v) is 1.58. The van der Waals surface area contributed by atoms with Crippen molar-refractivity contribution >= 4 is 29.0 Å². The van der Waals surface area contributed by atoms with Crippen LogP contribution in [0.15, 0.2) is 30.6 Å². The van der Waals surface area contributed by atoms with E-state index >= 15 is 0 Å². The summed E-state index contributed by atoms with van der Waals surface area (Å²) in [5.74, 6) is -1.75. The standard InChI is InChI=1S/C11H6ClFN4O3/c12-9-10(15-4-3-14-9)16-11(18)7-5-6(13)1-2-8(7)17(19)20/h1-5H,(H,15,16,18). The number of nitrogens with zero attached hydrogens (tertiary/aromatic N) is 3. The van der Waals surface area contributed by atoms with E-state index in [2.05, 4.69) is 15.3 Å². The molecule has 0 spiro atoms. The van der Waals surface area contributed by atoms with Crippen molar-refractivity contribution in [3.05, 3.63) is 57.2 Å². The average Bonchev–Trinajstić information content (AvgIpc) is 2.40. The lowest BCUT2D eigenvalue weighted by molar-refractivity contribution is -0.385. The minimum atomic E-state index is -0.904. The summed E-state index contributed by atoms with van der Waals surface area (Å²) in [6.45, 7) is 0. The number of nitro groups is 1. The summed E-state index contributed by atoms with van der Waals surface area (Å²) in [6, 6.07) is 2.56. The van der Waals surface area contributed by atoms with Crippen LogP contribution >= 0.6 is 11.6 Å². The molecule has 9 heteroatoms. The van der Waals surface area contributed by atoms with E-state index in [1.807, 2.05) is 0 Å². The van der Waals surface area contributed by atoms with Crippen LogP contribution in [0.2, 0.25) is 5.15 Å². The van der Waals surface area contributed by atoms with Crippen LogP contribution in [-0.2, 0) is 0 Å². The Hall–Kier alpha value is -2.61. The number of aromatic nitrogens is 2. The molecular weight excluding hydrogens is 291 g/mol. The maximum atomic E-state index is 13.1. The van der Waals surface area contributed by atoms with Crippen molar-refractivity contribution in [1.82, 2.24) is 9.97 Å². The summed E-state index contributed by atoms with van der Waals surface area (Å²) in [4.78, 5) is 29.4. The van der Waals surface area contributed by atoms with Gasteiger partial charge in [-0.2, -0.15) is 0 Å². The normalized spacial score (nSPS) is 10.1.